The standard InChI is InChI=1S/C11H9IN2O4/c1-18-9(15)6-13-10(16)7-4-2-3-5-8(7)14(12)11(13)17/h2-5H,6H2,1H3. The van der Waals surface area contributed by atoms with E-state index in [1.807, 2.05) is 0 Å². The molecule has 7 heteroatoms. The van der Waals surface area contributed by atoms with Gasteiger partial charge in [-0.05, 0) is 12.1 Å². The van der Waals surface area contributed by atoms with Gasteiger partial charge in [-0.1, -0.05) is 12.1 Å². The number of methoxy groups -OCH3 is 1. The molecule has 0 aliphatic rings. The topological polar surface area (TPSA) is 70.3 Å². The van der Waals surface area contributed by atoms with Gasteiger partial charge in [0.15, 0.2) is 0 Å². The maximum Gasteiger partial charge on any atom is 0.341 e. The summed E-state index contributed by atoms with van der Waals surface area (Å²) in [5.41, 5.74) is -0.521. The Balaban J connectivity index is 2.79. The van der Waals surface area contributed by atoms with Crippen molar-refractivity contribution >= 4 is 39.7 Å². The predicted octanol–water partition coefficient (Wildman–Crippen LogP) is 0.534. The Bertz CT molecular complexity index is 732. The van der Waals surface area contributed by atoms with Crippen molar-refractivity contribution in [3.05, 3.63) is 45.1 Å². The molecule has 6 nitrogen and oxygen atoms in total. The van der Waals surface area contributed by atoms with Crippen LogP contribution in [0, 0.1) is 0 Å². The first-order valence-corrected chi connectivity index (χ1v) is 6.00. The summed E-state index contributed by atoms with van der Waals surface area (Å²) in [5.74, 6) is -0.638. The van der Waals surface area contributed by atoms with Crippen molar-refractivity contribution in [2.45, 2.75) is 6.54 Å². The number of para-hydroxylation sites is 1. The van der Waals surface area contributed by atoms with E-state index in [9.17, 15) is 14.4 Å². The van der Waals surface area contributed by atoms with E-state index < -0.39 is 17.2 Å². The summed E-state index contributed by atoms with van der Waals surface area (Å²) >= 11 is 1.80. The quantitative estimate of drug-likeness (QED) is 0.579. The number of halogens is 1. The molecule has 0 amide bonds. The summed E-state index contributed by atoms with van der Waals surface area (Å²) in [6.45, 7) is -0.387. The Morgan fingerprint density at radius 1 is 1.33 bits per heavy atom. The van der Waals surface area contributed by atoms with Crippen LogP contribution in [0.3, 0.4) is 0 Å². The maximum atomic E-state index is 12.1. The molecule has 2 aromatic rings. The zero-order chi connectivity index (χ0) is 13.3. The van der Waals surface area contributed by atoms with Gasteiger partial charge in [-0.25, -0.2) is 12.1 Å². The van der Waals surface area contributed by atoms with Gasteiger partial charge < -0.3 is 4.74 Å². The molecule has 0 fully saturated rings. The molecule has 0 aliphatic carbocycles. The molecule has 0 bridgehead atoms. The van der Waals surface area contributed by atoms with Crippen LogP contribution in [0.2, 0.25) is 0 Å². The first-order valence-electron chi connectivity index (χ1n) is 5.04. The predicted molar refractivity (Wildman–Crippen MR) is 73.9 cm³/mol. The number of aromatic nitrogens is 2. The first kappa shape index (κ1) is 12.8. The highest BCUT2D eigenvalue weighted by atomic mass is 127. The highest BCUT2D eigenvalue weighted by molar-refractivity contribution is 14.1. The van der Waals surface area contributed by atoms with Crippen molar-refractivity contribution in [2.75, 3.05) is 7.11 Å². The van der Waals surface area contributed by atoms with Gasteiger partial charge in [0, 0.05) is 0 Å². The molecule has 0 unspecified atom stereocenters. The molecular formula is C11H9IN2O4. The number of carbonyl (C=O) groups excluding carboxylic acids is 1. The molecule has 0 saturated carbocycles. The number of hydrogen-bond acceptors (Lipinski definition) is 4. The minimum absolute atomic E-state index is 0.385. The SMILES string of the molecule is COC(=O)Cn1c(=O)c2ccccc2n(I)c1=O. The average molecular weight is 360 g/mol. The van der Waals surface area contributed by atoms with Crippen LogP contribution in [0.1, 0.15) is 0 Å². The normalized spacial score (nSPS) is 10.6. The summed E-state index contributed by atoms with van der Waals surface area (Å²) < 4.78 is 6.63. The van der Waals surface area contributed by atoms with E-state index in [1.165, 1.54) is 9.89 Å². The molecule has 0 N–H and O–H groups in total. The summed E-state index contributed by atoms with van der Waals surface area (Å²) in [4.78, 5) is 35.3. The van der Waals surface area contributed by atoms with Crippen molar-refractivity contribution < 1.29 is 9.53 Å². The Morgan fingerprint density at radius 2 is 2.00 bits per heavy atom. The number of rotatable bonds is 2. The number of nitrogens with zero attached hydrogens (tertiary/aromatic N) is 2. The number of ether oxygens (including phenoxy) is 1. The molecule has 0 spiro atoms. The van der Waals surface area contributed by atoms with Gasteiger partial charge in [0.05, 0.1) is 40.9 Å². The van der Waals surface area contributed by atoms with Crippen LogP contribution in [0.15, 0.2) is 33.9 Å². The lowest BCUT2D eigenvalue weighted by atomic mass is 10.2. The fourth-order valence-corrected chi connectivity index (χ4v) is 2.28. The van der Waals surface area contributed by atoms with Gasteiger partial charge in [-0.2, -0.15) is 0 Å². The lowest BCUT2D eigenvalue weighted by molar-refractivity contribution is -0.141. The molecule has 0 radical (unpaired) electrons. The van der Waals surface area contributed by atoms with Gasteiger partial charge in [0.2, 0.25) is 0 Å². The van der Waals surface area contributed by atoms with Crippen molar-refractivity contribution in [1.29, 1.82) is 0 Å². The molecule has 1 aromatic heterocycles. The van der Waals surface area contributed by atoms with Crippen LogP contribution < -0.4 is 11.2 Å². The Morgan fingerprint density at radius 3 is 2.67 bits per heavy atom. The fourth-order valence-electron chi connectivity index (χ4n) is 1.60. The summed E-state index contributed by atoms with van der Waals surface area (Å²) in [6, 6.07) is 6.72. The largest absolute Gasteiger partial charge is 0.468 e. The maximum absolute atomic E-state index is 12.1. The van der Waals surface area contributed by atoms with Gasteiger partial charge in [-0.15, -0.1) is 0 Å². The van der Waals surface area contributed by atoms with Crippen LogP contribution in [-0.2, 0) is 16.1 Å². The van der Waals surface area contributed by atoms with Crippen molar-refractivity contribution in [1.82, 2.24) is 7.35 Å². The molecule has 1 aromatic carbocycles. The summed E-state index contributed by atoms with van der Waals surface area (Å²) in [7, 11) is 1.21. The van der Waals surface area contributed by atoms with Crippen molar-refractivity contribution in [3.63, 3.8) is 0 Å². The van der Waals surface area contributed by atoms with Crippen LogP contribution in [-0.4, -0.2) is 20.4 Å². The van der Waals surface area contributed by atoms with Gasteiger partial charge in [0.25, 0.3) is 5.56 Å². The number of benzene rings is 1. The highest BCUT2D eigenvalue weighted by Crippen LogP contribution is 2.09. The fraction of sp³-hybridized carbons (Fsp3) is 0.182. The van der Waals surface area contributed by atoms with Crippen molar-refractivity contribution in [3.8, 4) is 0 Å². The van der Waals surface area contributed by atoms with E-state index in [0.717, 1.165) is 4.57 Å². The third kappa shape index (κ3) is 2.05. The summed E-state index contributed by atoms with van der Waals surface area (Å²) in [6.07, 6.45) is 0. The highest BCUT2D eigenvalue weighted by Gasteiger charge is 2.13. The molecule has 1 heterocycles. The average Bonchev–Trinajstić information content (AvgIpc) is 2.40. The monoisotopic (exact) mass is 360 g/mol. The smallest absolute Gasteiger partial charge is 0.341 e. The van der Waals surface area contributed by atoms with Gasteiger partial charge in [-0.3, -0.25) is 9.59 Å². The van der Waals surface area contributed by atoms with E-state index in [-0.39, 0.29) is 6.54 Å². The second-order valence-electron chi connectivity index (χ2n) is 3.55. The van der Waals surface area contributed by atoms with Crippen LogP contribution in [0.4, 0.5) is 0 Å². The van der Waals surface area contributed by atoms with Crippen LogP contribution in [0.5, 0.6) is 0 Å². The lowest BCUT2D eigenvalue weighted by Gasteiger charge is -2.08. The number of hydrogen-bond donors (Lipinski definition) is 0. The van der Waals surface area contributed by atoms with E-state index in [0.29, 0.717) is 10.9 Å². The van der Waals surface area contributed by atoms with E-state index in [1.54, 1.807) is 47.1 Å². The van der Waals surface area contributed by atoms with E-state index in [2.05, 4.69) is 4.74 Å². The summed E-state index contributed by atoms with van der Waals surface area (Å²) in [5, 5.41) is 0.385. The third-order valence-corrected chi connectivity index (χ3v) is 3.44. The van der Waals surface area contributed by atoms with E-state index >= 15 is 0 Å². The number of carbonyl (C=O) groups is 1. The van der Waals surface area contributed by atoms with Crippen molar-refractivity contribution in [2.24, 2.45) is 0 Å². The third-order valence-electron chi connectivity index (χ3n) is 2.50. The minimum atomic E-state index is -0.638. The lowest BCUT2D eigenvalue weighted by Crippen LogP contribution is -2.39. The molecule has 18 heavy (non-hydrogen) atoms. The van der Waals surface area contributed by atoms with Crippen LogP contribution >= 0.6 is 22.9 Å². The Hall–Kier alpha value is -1.64. The first-order chi connectivity index (χ1) is 8.56. The Kier molecular flexibility index (Phi) is 3.50. The molecule has 0 atom stereocenters. The molecule has 0 saturated heterocycles. The van der Waals surface area contributed by atoms with Gasteiger partial charge >= 0.3 is 11.7 Å². The van der Waals surface area contributed by atoms with E-state index in [4.69, 9.17) is 0 Å². The van der Waals surface area contributed by atoms with Gasteiger partial charge in [0.1, 0.15) is 6.54 Å². The molecule has 2 rings (SSSR count). The zero-order valence-corrected chi connectivity index (χ0v) is 11.6. The zero-order valence-electron chi connectivity index (χ0n) is 9.42. The Labute approximate surface area is 115 Å². The minimum Gasteiger partial charge on any atom is -0.468 e. The second-order valence-corrected chi connectivity index (χ2v) is 4.51. The molecule has 94 valence electrons. The van der Waals surface area contributed by atoms with Crippen LogP contribution in [0.25, 0.3) is 10.9 Å². The molecular weight excluding hydrogens is 351 g/mol. The number of esters is 1. The molecule has 0 aliphatic heterocycles. The number of fused-ring (bicyclic) bond motifs is 1. The second kappa shape index (κ2) is 4.92.